The van der Waals surface area contributed by atoms with E-state index in [2.05, 4.69) is 9.71 Å². The Hall–Kier alpha value is -1.60. The number of nitrogens with one attached hydrogen (secondary N) is 1. The number of thiazole rings is 1. The molecule has 1 aromatic carbocycles. The van der Waals surface area contributed by atoms with E-state index in [0.717, 1.165) is 5.56 Å². The van der Waals surface area contributed by atoms with E-state index in [1.807, 2.05) is 13.8 Å². The van der Waals surface area contributed by atoms with Gasteiger partial charge in [-0.3, -0.25) is 4.72 Å². The number of ether oxygens (including phenoxy) is 1. The van der Waals surface area contributed by atoms with Crippen LogP contribution in [0.1, 0.15) is 18.1 Å². The third-order valence-electron chi connectivity index (χ3n) is 2.72. The molecule has 0 unspecified atom stereocenters. The second-order valence-electron chi connectivity index (χ2n) is 4.26. The van der Waals surface area contributed by atoms with Gasteiger partial charge >= 0.3 is 0 Å². The second-order valence-corrected chi connectivity index (χ2v) is 6.80. The molecule has 0 fully saturated rings. The standard InChI is InChI=1S/C13H16N2O3S2/c1-4-18-11-7-10(3)12(8-9(11)2)20(16,17)15-13-14-5-6-19-13/h5-8H,4H2,1-3H3,(H,14,15). The molecule has 2 rings (SSSR count). The zero-order valence-electron chi connectivity index (χ0n) is 11.5. The highest BCUT2D eigenvalue weighted by atomic mass is 32.2. The van der Waals surface area contributed by atoms with Crippen molar-refractivity contribution in [3.8, 4) is 5.75 Å². The Morgan fingerprint density at radius 3 is 2.65 bits per heavy atom. The third-order valence-corrected chi connectivity index (χ3v) is 5.01. The van der Waals surface area contributed by atoms with Crippen molar-refractivity contribution >= 4 is 26.5 Å². The van der Waals surface area contributed by atoms with Crippen LogP contribution in [0.2, 0.25) is 0 Å². The molecular formula is C13H16N2O3S2. The fraction of sp³-hybridized carbons (Fsp3) is 0.308. The monoisotopic (exact) mass is 312 g/mol. The third kappa shape index (κ3) is 3.10. The molecule has 0 saturated carbocycles. The van der Waals surface area contributed by atoms with Gasteiger partial charge in [-0.2, -0.15) is 0 Å². The highest BCUT2D eigenvalue weighted by Crippen LogP contribution is 2.27. The van der Waals surface area contributed by atoms with Crippen molar-refractivity contribution < 1.29 is 13.2 Å². The molecule has 7 heteroatoms. The van der Waals surface area contributed by atoms with E-state index in [0.29, 0.717) is 23.1 Å². The Kier molecular flexibility index (Phi) is 4.29. The summed E-state index contributed by atoms with van der Waals surface area (Å²) >= 11 is 1.24. The average molecular weight is 312 g/mol. The van der Waals surface area contributed by atoms with Crippen LogP contribution < -0.4 is 9.46 Å². The number of sulfonamides is 1. The lowest BCUT2D eigenvalue weighted by atomic mass is 10.1. The summed E-state index contributed by atoms with van der Waals surface area (Å²) in [6, 6.07) is 3.37. The molecule has 108 valence electrons. The van der Waals surface area contributed by atoms with Crippen LogP contribution in [0.3, 0.4) is 0 Å². The zero-order valence-corrected chi connectivity index (χ0v) is 13.1. The van der Waals surface area contributed by atoms with Gasteiger partial charge in [-0.15, -0.1) is 11.3 Å². The molecule has 0 aliphatic rings. The van der Waals surface area contributed by atoms with Crippen molar-refractivity contribution in [3.05, 3.63) is 34.8 Å². The topological polar surface area (TPSA) is 68.3 Å². The minimum Gasteiger partial charge on any atom is -0.494 e. The SMILES string of the molecule is CCOc1cc(C)c(S(=O)(=O)Nc2nccs2)cc1C. The van der Waals surface area contributed by atoms with E-state index in [1.165, 1.54) is 11.3 Å². The lowest BCUT2D eigenvalue weighted by molar-refractivity contribution is 0.337. The van der Waals surface area contributed by atoms with Gasteiger partial charge in [-0.05, 0) is 44.0 Å². The summed E-state index contributed by atoms with van der Waals surface area (Å²) in [5.74, 6) is 0.707. The fourth-order valence-corrected chi connectivity index (χ4v) is 3.91. The summed E-state index contributed by atoms with van der Waals surface area (Å²) in [6.07, 6.45) is 1.55. The fourth-order valence-electron chi connectivity index (χ4n) is 1.81. The molecule has 0 spiro atoms. The lowest BCUT2D eigenvalue weighted by Crippen LogP contribution is -2.14. The lowest BCUT2D eigenvalue weighted by Gasteiger charge is -2.13. The minimum atomic E-state index is -3.63. The quantitative estimate of drug-likeness (QED) is 0.921. The molecule has 0 amide bonds. The number of benzene rings is 1. The van der Waals surface area contributed by atoms with Gasteiger partial charge in [0.15, 0.2) is 5.13 Å². The Bertz CT molecular complexity index is 695. The molecular weight excluding hydrogens is 296 g/mol. The van der Waals surface area contributed by atoms with Crippen molar-refractivity contribution in [1.82, 2.24) is 4.98 Å². The summed E-state index contributed by atoms with van der Waals surface area (Å²) in [4.78, 5) is 4.17. The molecule has 1 N–H and O–H groups in total. The largest absolute Gasteiger partial charge is 0.494 e. The summed E-state index contributed by atoms with van der Waals surface area (Å²) in [5.41, 5.74) is 1.43. The van der Waals surface area contributed by atoms with Gasteiger partial charge in [0.1, 0.15) is 5.75 Å². The number of hydrogen-bond acceptors (Lipinski definition) is 5. The predicted octanol–water partition coefficient (Wildman–Crippen LogP) is 2.96. The molecule has 0 aliphatic carbocycles. The number of aromatic nitrogens is 1. The van der Waals surface area contributed by atoms with Crippen LogP contribution in [0.5, 0.6) is 5.75 Å². The van der Waals surface area contributed by atoms with Crippen molar-refractivity contribution in [1.29, 1.82) is 0 Å². The maximum absolute atomic E-state index is 12.4. The number of aryl methyl sites for hydroxylation is 2. The highest BCUT2D eigenvalue weighted by molar-refractivity contribution is 7.93. The minimum absolute atomic E-state index is 0.244. The van der Waals surface area contributed by atoms with Crippen LogP contribution >= 0.6 is 11.3 Å². The predicted molar refractivity (Wildman–Crippen MR) is 80.0 cm³/mol. The van der Waals surface area contributed by atoms with E-state index >= 15 is 0 Å². The molecule has 0 radical (unpaired) electrons. The summed E-state index contributed by atoms with van der Waals surface area (Å²) in [7, 11) is -3.63. The van der Waals surface area contributed by atoms with Gasteiger partial charge in [0.2, 0.25) is 0 Å². The van der Waals surface area contributed by atoms with Gasteiger partial charge in [-0.25, -0.2) is 13.4 Å². The average Bonchev–Trinajstić information content (AvgIpc) is 2.85. The molecule has 0 atom stereocenters. The zero-order chi connectivity index (χ0) is 14.8. The van der Waals surface area contributed by atoms with Gasteiger partial charge in [-0.1, -0.05) is 0 Å². The Balaban J connectivity index is 2.39. The molecule has 0 bridgehead atoms. The smallest absolute Gasteiger partial charge is 0.263 e. The van der Waals surface area contributed by atoms with Crippen LogP contribution in [-0.4, -0.2) is 20.0 Å². The second kappa shape index (κ2) is 5.80. The maximum atomic E-state index is 12.4. The van der Waals surface area contributed by atoms with Crippen LogP contribution in [0, 0.1) is 13.8 Å². The Morgan fingerprint density at radius 1 is 1.30 bits per heavy atom. The Labute approximate surface area is 122 Å². The van der Waals surface area contributed by atoms with Crippen molar-refractivity contribution in [3.63, 3.8) is 0 Å². The van der Waals surface area contributed by atoms with Crippen molar-refractivity contribution in [2.75, 3.05) is 11.3 Å². The first kappa shape index (κ1) is 14.8. The van der Waals surface area contributed by atoms with Gasteiger partial charge < -0.3 is 4.74 Å². The summed E-state index contributed by atoms with van der Waals surface area (Å²) < 4.78 is 32.7. The molecule has 0 saturated heterocycles. The molecule has 2 aromatic rings. The maximum Gasteiger partial charge on any atom is 0.263 e. The normalized spacial score (nSPS) is 11.3. The van der Waals surface area contributed by atoms with Crippen LogP contribution in [0.25, 0.3) is 0 Å². The number of nitrogens with zero attached hydrogens (tertiary/aromatic N) is 1. The summed E-state index contributed by atoms with van der Waals surface area (Å²) in [6.45, 7) is 6.01. The molecule has 5 nitrogen and oxygen atoms in total. The number of anilines is 1. The van der Waals surface area contributed by atoms with E-state index in [9.17, 15) is 8.42 Å². The van der Waals surface area contributed by atoms with Crippen LogP contribution in [0.4, 0.5) is 5.13 Å². The van der Waals surface area contributed by atoms with Gasteiger partial charge in [0, 0.05) is 11.6 Å². The van der Waals surface area contributed by atoms with Crippen molar-refractivity contribution in [2.24, 2.45) is 0 Å². The first-order valence-corrected chi connectivity index (χ1v) is 8.46. The summed E-state index contributed by atoms with van der Waals surface area (Å²) in [5, 5.41) is 2.07. The molecule has 20 heavy (non-hydrogen) atoms. The first-order chi connectivity index (χ1) is 9.44. The number of hydrogen-bond donors (Lipinski definition) is 1. The van der Waals surface area contributed by atoms with Crippen molar-refractivity contribution in [2.45, 2.75) is 25.7 Å². The molecule has 1 aromatic heterocycles. The van der Waals surface area contributed by atoms with Crippen LogP contribution in [0.15, 0.2) is 28.6 Å². The van der Waals surface area contributed by atoms with Crippen LogP contribution in [-0.2, 0) is 10.0 Å². The van der Waals surface area contributed by atoms with Gasteiger partial charge in [0.05, 0.1) is 11.5 Å². The van der Waals surface area contributed by atoms with Gasteiger partial charge in [0.25, 0.3) is 10.0 Å². The molecule has 0 aliphatic heterocycles. The van der Waals surface area contributed by atoms with E-state index in [-0.39, 0.29) is 4.90 Å². The highest BCUT2D eigenvalue weighted by Gasteiger charge is 2.19. The first-order valence-electron chi connectivity index (χ1n) is 6.10. The van der Waals surface area contributed by atoms with E-state index < -0.39 is 10.0 Å². The van der Waals surface area contributed by atoms with E-state index in [1.54, 1.807) is 30.6 Å². The van der Waals surface area contributed by atoms with E-state index in [4.69, 9.17) is 4.74 Å². The molecule has 1 heterocycles. The Morgan fingerprint density at radius 2 is 2.05 bits per heavy atom. The number of rotatable bonds is 5.